The van der Waals surface area contributed by atoms with E-state index in [1.165, 1.54) is 16.3 Å². The van der Waals surface area contributed by atoms with Crippen LogP contribution in [-0.2, 0) is 13.1 Å². The van der Waals surface area contributed by atoms with Crippen LogP contribution in [-0.4, -0.2) is 32.3 Å². The van der Waals surface area contributed by atoms with Gasteiger partial charge in [0.2, 0.25) is 0 Å². The first-order valence-corrected chi connectivity index (χ1v) is 10.1. The number of benzene rings is 3. The third kappa shape index (κ3) is 4.89. The minimum absolute atomic E-state index is 0.961. The predicted octanol–water partition coefficient (Wildman–Crippen LogP) is 3.65. The molecule has 3 aromatic rings. The second kappa shape index (κ2) is 8.76. The molecular formula is C22H25N2Si. The van der Waals surface area contributed by atoms with E-state index in [1.807, 2.05) is 0 Å². The smallest absolute Gasteiger partial charge is 0.266 e. The average molecular weight is 346 g/mol. The van der Waals surface area contributed by atoms with E-state index in [4.69, 9.17) is 0 Å². The lowest BCUT2D eigenvalue weighted by atomic mass is 10.2. The van der Waals surface area contributed by atoms with Gasteiger partial charge in [0, 0.05) is 13.1 Å². The lowest BCUT2D eigenvalue weighted by Crippen LogP contribution is -2.56. The molecule has 3 aromatic carbocycles. The molecule has 0 unspecified atom stereocenters. The fourth-order valence-corrected chi connectivity index (χ4v) is 5.80. The van der Waals surface area contributed by atoms with Crippen LogP contribution in [0.3, 0.4) is 0 Å². The summed E-state index contributed by atoms with van der Waals surface area (Å²) in [6.45, 7) is 1.92. The van der Waals surface area contributed by atoms with Crippen molar-refractivity contribution in [2.75, 3.05) is 14.1 Å². The monoisotopic (exact) mass is 345 g/mol. The van der Waals surface area contributed by atoms with Gasteiger partial charge in [-0.1, -0.05) is 91.0 Å². The zero-order valence-corrected chi connectivity index (χ0v) is 16.0. The van der Waals surface area contributed by atoms with E-state index in [0.29, 0.717) is 0 Å². The van der Waals surface area contributed by atoms with Gasteiger partial charge in [0.25, 0.3) is 9.12 Å². The fraction of sp³-hybridized carbons (Fsp3) is 0.182. The molecular weight excluding hydrogens is 320 g/mol. The van der Waals surface area contributed by atoms with E-state index in [1.54, 1.807) is 0 Å². The number of hydrogen-bond donors (Lipinski definition) is 0. The maximum Gasteiger partial charge on any atom is 0.266 e. The van der Waals surface area contributed by atoms with E-state index in [-0.39, 0.29) is 0 Å². The summed E-state index contributed by atoms with van der Waals surface area (Å²) in [6.07, 6.45) is 0. The molecule has 0 amide bonds. The predicted molar refractivity (Wildman–Crippen MR) is 108 cm³/mol. The largest absolute Gasteiger partial charge is 0.307 e. The van der Waals surface area contributed by atoms with Crippen LogP contribution in [0, 0.1) is 0 Å². The van der Waals surface area contributed by atoms with Crippen LogP contribution in [0.4, 0.5) is 0 Å². The van der Waals surface area contributed by atoms with E-state index >= 15 is 0 Å². The van der Waals surface area contributed by atoms with Gasteiger partial charge in [0.15, 0.2) is 0 Å². The topological polar surface area (TPSA) is 6.48 Å². The summed E-state index contributed by atoms with van der Waals surface area (Å²) >= 11 is 0. The molecule has 0 heterocycles. The Balaban J connectivity index is 1.82. The SMILES string of the molecule is CN(Cc1ccccc1)[Si](c1ccccc1)N(C)Cc1ccccc1. The number of hydrogen-bond acceptors (Lipinski definition) is 2. The summed E-state index contributed by atoms with van der Waals surface area (Å²) in [5.41, 5.74) is 2.72. The molecule has 0 aliphatic carbocycles. The van der Waals surface area contributed by atoms with Crippen molar-refractivity contribution in [3.8, 4) is 0 Å². The maximum atomic E-state index is 2.51. The van der Waals surface area contributed by atoms with E-state index < -0.39 is 9.12 Å². The zero-order chi connectivity index (χ0) is 17.5. The first-order chi connectivity index (χ1) is 12.2. The Morgan fingerprint density at radius 2 is 0.920 bits per heavy atom. The van der Waals surface area contributed by atoms with Gasteiger partial charge in [-0.15, -0.1) is 0 Å². The summed E-state index contributed by atoms with van der Waals surface area (Å²) < 4.78 is 5.02. The van der Waals surface area contributed by atoms with Crippen LogP contribution >= 0.6 is 0 Å². The molecule has 3 heteroatoms. The summed E-state index contributed by atoms with van der Waals surface area (Å²) in [6, 6.07) is 32.4. The Hall–Kier alpha value is -2.20. The molecule has 0 aliphatic rings. The molecule has 0 saturated carbocycles. The lowest BCUT2D eigenvalue weighted by Gasteiger charge is -2.33. The van der Waals surface area contributed by atoms with Crippen molar-refractivity contribution in [1.82, 2.24) is 9.13 Å². The Morgan fingerprint density at radius 1 is 0.560 bits per heavy atom. The minimum atomic E-state index is -1.01. The third-order valence-corrected chi connectivity index (χ3v) is 6.89. The lowest BCUT2D eigenvalue weighted by molar-refractivity contribution is 0.419. The Kier molecular flexibility index (Phi) is 6.18. The third-order valence-electron chi connectivity index (χ3n) is 4.28. The van der Waals surface area contributed by atoms with Gasteiger partial charge in [-0.25, -0.2) is 0 Å². The second-order valence-electron chi connectivity index (χ2n) is 6.37. The van der Waals surface area contributed by atoms with Gasteiger partial charge in [-0.3, -0.25) is 0 Å². The van der Waals surface area contributed by atoms with Crippen molar-refractivity contribution >= 4 is 14.3 Å². The molecule has 0 fully saturated rings. The van der Waals surface area contributed by atoms with Gasteiger partial charge in [-0.05, 0) is 30.4 Å². The molecule has 1 radical (unpaired) electrons. The first kappa shape index (κ1) is 17.6. The van der Waals surface area contributed by atoms with Crippen molar-refractivity contribution in [3.05, 3.63) is 102 Å². The maximum absolute atomic E-state index is 2.51. The van der Waals surface area contributed by atoms with Gasteiger partial charge in [0.05, 0.1) is 0 Å². The van der Waals surface area contributed by atoms with Gasteiger partial charge in [0.1, 0.15) is 0 Å². The van der Waals surface area contributed by atoms with Crippen LogP contribution in [0.15, 0.2) is 91.0 Å². The molecule has 25 heavy (non-hydrogen) atoms. The van der Waals surface area contributed by atoms with Gasteiger partial charge >= 0.3 is 0 Å². The van der Waals surface area contributed by atoms with Crippen LogP contribution < -0.4 is 5.19 Å². The molecule has 2 nitrogen and oxygen atoms in total. The molecule has 3 rings (SSSR count). The van der Waals surface area contributed by atoms with Crippen LogP contribution in [0.25, 0.3) is 0 Å². The molecule has 0 atom stereocenters. The van der Waals surface area contributed by atoms with E-state index in [0.717, 1.165) is 13.1 Å². The zero-order valence-electron chi connectivity index (χ0n) is 15.0. The van der Waals surface area contributed by atoms with E-state index in [2.05, 4.69) is 114 Å². The highest BCUT2D eigenvalue weighted by atomic mass is 28.3. The van der Waals surface area contributed by atoms with Crippen LogP contribution in [0.2, 0.25) is 0 Å². The first-order valence-electron chi connectivity index (χ1n) is 8.66. The Morgan fingerprint density at radius 3 is 1.32 bits per heavy atom. The minimum Gasteiger partial charge on any atom is -0.307 e. The second-order valence-corrected chi connectivity index (χ2v) is 9.12. The standard InChI is InChI=1S/C22H25N2Si/c1-23(18-20-12-6-3-7-13-20)25(22-16-10-5-11-17-22)24(2)19-21-14-8-4-9-15-21/h3-17H,18-19H2,1-2H3. The van der Waals surface area contributed by atoms with Gasteiger partial charge < -0.3 is 9.13 Å². The van der Waals surface area contributed by atoms with Crippen molar-refractivity contribution in [3.63, 3.8) is 0 Å². The summed E-state index contributed by atoms with van der Waals surface area (Å²) in [4.78, 5) is 0. The fourth-order valence-electron chi connectivity index (χ4n) is 3.18. The molecule has 0 saturated heterocycles. The van der Waals surface area contributed by atoms with Crippen molar-refractivity contribution in [2.45, 2.75) is 13.1 Å². The quantitative estimate of drug-likeness (QED) is 0.603. The molecule has 0 aliphatic heterocycles. The number of rotatable bonds is 7. The van der Waals surface area contributed by atoms with Gasteiger partial charge in [-0.2, -0.15) is 0 Å². The van der Waals surface area contributed by atoms with Crippen molar-refractivity contribution in [2.24, 2.45) is 0 Å². The summed E-state index contributed by atoms with van der Waals surface area (Å²) in [5.74, 6) is 0. The average Bonchev–Trinajstić information content (AvgIpc) is 2.64. The molecule has 0 bridgehead atoms. The van der Waals surface area contributed by atoms with Crippen molar-refractivity contribution in [1.29, 1.82) is 0 Å². The highest BCUT2D eigenvalue weighted by Gasteiger charge is 2.26. The molecule has 0 aromatic heterocycles. The normalized spacial score (nSPS) is 11.4. The molecule has 0 spiro atoms. The highest BCUT2D eigenvalue weighted by molar-refractivity contribution is 6.67. The van der Waals surface area contributed by atoms with Crippen LogP contribution in [0.1, 0.15) is 11.1 Å². The number of nitrogens with zero attached hydrogens (tertiary/aromatic N) is 2. The van der Waals surface area contributed by atoms with E-state index in [9.17, 15) is 0 Å². The molecule has 0 N–H and O–H groups in total. The highest BCUT2D eigenvalue weighted by Crippen LogP contribution is 2.10. The Labute approximate surface area is 153 Å². The summed E-state index contributed by atoms with van der Waals surface area (Å²) in [7, 11) is 3.49. The summed E-state index contributed by atoms with van der Waals surface area (Å²) in [5, 5.41) is 1.42. The van der Waals surface area contributed by atoms with Crippen molar-refractivity contribution < 1.29 is 0 Å². The molecule has 127 valence electrons. The van der Waals surface area contributed by atoms with Crippen LogP contribution in [0.5, 0.6) is 0 Å². The Bertz CT molecular complexity index is 699.